The molecule has 0 spiro atoms. The van der Waals surface area contributed by atoms with Gasteiger partial charge in [-0.1, -0.05) is 6.07 Å². The van der Waals surface area contributed by atoms with E-state index in [-0.39, 0.29) is 32.0 Å². The molecule has 0 bridgehead atoms. The van der Waals surface area contributed by atoms with E-state index in [4.69, 9.17) is 0 Å². The van der Waals surface area contributed by atoms with Crippen LogP contribution in [0.4, 0.5) is 10.6 Å². The van der Waals surface area contributed by atoms with E-state index in [2.05, 4.69) is 33.1 Å². The van der Waals surface area contributed by atoms with Gasteiger partial charge in [0.15, 0.2) is 6.04 Å². The van der Waals surface area contributed by atoms with E-state index in [0.29, 0.717) is 6.54 Å². The SMILES string of the molecule is CC(=O)NC(C(=O)O)C1(O)CCN(C(=O)NCCCCc2ccc3c(n2)NCCC3)CC1. The van der Waals surface area contributed by atoms with Crippen LogP contribution in [0.3, 0.4) is 0 Å². The van der Waals surface area contributed by atoms with Gasteiger partial charge in [-0.3, -0.25) is 4.79 Å². The predicted octanol–water partition coefficient (Wildman–Crippen LogP) is 0.888. The first-order chi connectivity index (χ1) is 15.3. The standard InChI is InChI=1S/C22H33N5O5/c1-15(28)25-18(20(29)30)22(32)9-13-27(14-10-22)21(31)24-11-3-2-6-17-8-7-16-5-4-12-23-19(16)26-17/h7-8,18,32H,2-6,9-14H2,1H3,(H,23,26)(H,24,31)(H,25,28)(H,29,30). The summed E-state index contributed by atoms with van der Waals surface area (Å²) in [6.45, 7) is 3.15. The van der Waals surface area contributed by atoms with Crippen molar-refractivity contribution in [3.05, 3.63) is 23.4 Å². The van der Waals surface area contributed by atoms with Crippen LogP contribution in [0.2, 0.25) is 0 Å². The van der Waals surface area contributed by atoms with Gasteiger partial charge in [-0.2, -0.15) is 0 Å². The molecule has 1 aromatic rings. The number of aliphatic carboxylic acids is 1. The molecule has 0 aromatic carbocycles. The number of fused-ring (bicyclic) bond motifs is 1. The summed E-state index contributed by atoms with van der Waals surface area (Å²) in [5.41, 5.74) is 0.741. The lowest BCUT2D eigenvalue weighted by Gasteiger charge is -2.41. The molecule has 10 heteroatoms. The van der Waals surface area contributed by atoms with Gasteiger partial charge < -0.3 is 31.1 Å². The maximum Gasteiger partial charge on any atom is 0.329 e. The number of unbranched alkanes of at least 4 members (excludes halogenated alkanes) is 1. The number of carbonyl (C=O) groups is 3. The molecule has 3 rings (SSSR count). The summed E-state index contributed by atoms with van der Waals surface area (Å²) < 4.78 is 0. The predicted molar refractivity (Wildman–Crippen MR) is 118 cm³/mol. The van der Waals surface area contributed by atoms with Crippen LogP contribution in [0.25, 0.3) is 0 Å². The molecule has 1 unspecified atom stereocenters. The minimum Gasteiger partial charge on any atom is -0.480 e. The third kappa shape index (κ3) is 6.09. The van der Waals surface area contributed by atoms with E-state index in [9.17, 15) is 24.6 Å². The Balaban J connectivity index is 1.37. The van der Waals surface area contributed by atoms with Crippen LogP contribution in [0.15, 0.2) is 12.1 Å². The van der Waals surface area contributed by atoms with Crippen LogP contribution in [0, 0.1) is 0 Å². The Morgan fingerprint density at radius 3 is 2.69 bits per heavy atom. The number of likely N-dealkylation sites (tertiary alicyclic amines) is 1. The quantitative estimate of drug-likeness (QED) is 0.372. The lowest BCUT2D eigenvalue weighted by Crippen LogP contribution is -2.61. The lowest BCUT2D eigenvalue weighted by molar-refractivity contribution is -0.152. The fourth-order valence-corrected chi connectivity index (χ4v) is 4.26. The number of aromatic nitrogens is 1. The number of aryl methyl sites for hydroxylation is 2. The van der Waals surface area contributed by atoms with Crippen molar-refractivity contribution in [2.75, 3.05) is 31.5 Å². The number of carboxylic acid groups (broad SMARTS) is 1. The lowest BCUT2D eigenvalue weighted by atomic mass is 9.84. The van der Waals surface area contributed by atoms with E-state index in [0.717, 1.165) is 50.2 Å². The van der Waals surface area contributed by atoms with Gasteiger partial charge in [0.05, 0.1) is 5.60 Å². The Kier molecular flexibility index (Phi) is 7.89. The number of carbonyl (C=O) groups excluding carboxylic acids is 2. The highest BCUT2D eigenvalue weighted by molar-refractivity contribution is 5.83. The van der Waals surface area contributed by atoms with Crippen molar-refractivity contribution in [1.29, 1.82) is 0 Å². The molecule has 0 radical (unpaired) electrons. The number of pyridine rings is 1. The Morgan fingerprint density at radius 1 is 1.25 bits per heavy atom. The first-order valence-electron chi connectivity index (χ1n) is 11.3. The van der Waals surface area contributed by atoms with Crippen LogP contribution < -0.4 is 16.0 Å². The Bertz CT molecular complexity index is 838. The Morgan fingerprint density at radius 2 is 2.00 bits per heavy atom. The van der Waals surface area contributed by atoms with Crippen LogP contribution in [-0.2, 0) is 22.4 Å². The van der Waals surface area contributed by atoms with Gasteiger partial charge >= 0.3 is 12.0 Å². The van der Waals surface area contributed by atoms with Crippen LogP contribution in [0.1, 0.15) is 50.3 Å². The highest BCUT2D eigenvalue weighted by Crippen LogP contribution is 2.26. The van der Waals surface area contributed by atoms with Gasteiger partial charge in [0.25, 0.3) is 0 Å². The zero-order chi connectivity index (χ0) is 23.1. The van der Waals surface area contributed by atoms with Crippen molar-refractivity contribution in [3.63, 3.8) is 0 Å². The number of nitrogens with one attached hydrogen (secondary N) is 3. The molecule has 1 fully saturated rings. The van der Waals surface area contributed by atoms with Gasteiger partial charge in [-0.15, -0.1) is 0 Å². The maximum atomic E-state index is 12.4. The van der Waals surface area contributed by atoms with Gasteiger partial charge in [0.1, 0.15) is 5.82 Å². The molecule has 1 aromatic heterocycles. The summed E-state index contributed by atoms with van der Waals surface area (Å²) in [7, 11) is 0. The van der Waals surface area contributed by atoms with Gasteiger partial charge in [-0.05, 0) is 56.6 Å². The fraction of sp³-hybridized carbons (Fsp3) is 0.636. The third-order valence-corrected chi connectivity index (χ3v) is 6.14. The minimum atomic E-state index is -1.58. The van der Waals surface area contributed by atoms with E-state index < -0.39 is 23.5 Å². The summed E-state index contributed by atoms with van der Waals surface area (Å²) in [5.74, 6) is -0.812. The molecule has 1 saturated heterocycles. The number of aliphatic hydroxyl groups is 1. The van der Waals surface area contributed by atoms with E-state index in [1.54, 1.807) is 4.90 Å². The molecular formula is C22H33N5O5. The van der Waals surface area contributed by atoms with Gasteiger partial charge in [0.2, 0.25) is 5.91 Å². The Hall–Kier alpha value is -2.88. The number of rotatable bonds is 8. The van der Waals surface area contributed by atoms with Gasteiger partial charge in [-0.25, -0.2) is 14.6 Å². The summed E-state index contributed by atoms with van der Waals surface area (Å²) in [5, 5.41) is 28.6. The van der Waals surface area contributed by atoms with Crippen molar-refractivity contribution >= 4 is 23.7 Å². The zero-order valence-electron chi connectivity index (χ0n) is 18.5. The number of nitrogens with zero attached hydrogens (tertiary/aromatic N) is 2. The number of hydrogen-bond donors (Lipinski definition) is 5. The average molecular weight is 448 g/mol. The fourth-order valence-electron chi connectivity index (χ4n) is 4.26. The highest BCUT2D eigenvalue weighted by atomic mass is 16.4. The second-order valence-corrected chi connectivity index (χ2v) is 8.59. The summed E-state index contributed by atoms with van der Waals surface area (Å²) in [6, 6.07) is 2.60. The minimum absolute atomic E-state index is 0.0791. The second kappa shape index (κ2) is 10.6. The van der Waals surface area contributed by atoms with Crippen molar-refractivity contribution in [2.45, 2.75) is 63.5 Å². The molecule has 5 N–H and O–H groups in total. The summed E-state index contributed by atoms with van der Waals surface area (Å²) in [6.07, 6.45) is 4.94. The number of hydrogen-bond acceptors (Lipinski definition) is 6. The van der Waals surface area contributed by atoms with Crippen LogP contribution in [0.5, 0.6) is 0 Å². The zero-order valence-corrected chi connectivity index (χ0v) is 18.5. The van der Waals surface area contributed by atoms with Gasteiger partial charge in [0, 0.05) is 38.8 Å². The summed E-state index contributed by atoms with van der Waals surface area (Å²) >= 11 is 0. The summed E-state index contributed by atoms with van der Waals surface area (Å²) in [4.78, 5) is 41.4. The number of urea groups is 1. The number of carboxylic acids is 1. The number of anilines is 1. The second-order valence-electron chi connectivity index (χ2n) is 8.59. The van der Waals surface area contributed by atoms with Crippen molar-refractivity contribution < 1.29 is 24.6 Å². The number of amides is 3. The molecule has 3 heterocycles. The normalized spacial score (nSPS) is 18.1. The first-order valence-corrected chi connectivity index (χ1v) is 11.3. The molecule has 0 aliphatic carbocycles. The van der Waals surface area contributed by atoms with Crippen molar-refractivity contribution in [2.24, 2.45) is 0 Å². The molecule has 1 atom stereocenters. The molecule has 3 amide bonds. The smallest absolute Gasteiger partial charge is 0.329 e. The van der Waals surface area contributed by atoms with E-state index in [1.165, 1.54) is 12.5 Å². The maximum absolute atomic E-state index is 12.4. The van der Waals surface area contributed by atoms with Crippen LogP contribution >= 0.6 is 0 Å². The first kappa shape index (κ1) is 23.8. The van der Waals surface area contributed by atoms with E-state index >= 15 is 0 Å². The Labute approximate surface area is 187 Å². The molecule has 0 saturated carbocycles. The molecule has 2 aliphatic heterocycles. The average Bonchev–Trinajstić information content (AvgIpc) is 2.77. The monoisotopic (exact) mass is 447 g/mol. The van der Waals surface area contributed by atoms with Crippen molar-refractivity contribution in [1.82, 2.24) is 20.5 Å². The molecular weight excluding hydrogens is 414 g/mol. The third-order valence-electron chi connectivity index (χ3n) is 6.14. The number of piperidine rings is 1. The largest absolute Gasteiger partial charge is 0.480 e. The van der Waals surface area contributed by atoms with Crippen LogP contribution in [-0.4, -0.2) is 75.8 Å². The molecule has 32 heavy (non-hydrogen) atoms. The van der Waals surface area contributed by atoms with Crippen molar-refractivity contribution in [3.8, 4) is 0 Å². The molecule has 176 valence electrons. The topological polar surface area (TPSA) is 144 Å². The van der Waals surface area contributed by atoms with E-state index in [1.807, 2.05) is 0 Å². The highest BCUT2D eigenvalue weighted by Gasteiger charge is 2.45. The molecule has 10 nitrogen and oxygen atoms in total. The molecule has 2 aliphatic rings.